The van der Waals surface area contributed by atoms with Crippen LogP contribution in [0, 0.1) is 5.92 Å². The van der Waals surface area contributed by atoms with Gasteiger partial charge in [-0.2, -0.15) is 0 Å². The van der Waals surface area contributed by atoms with Crippen molar-refractivity contribution in [2.24, 2.45) is 5.92 Å². The molecule has 2 aromatic carbocycles. The molecule has 1 heterocycles. The second-order valence-corrected chi connectivity index (χ2v) is 7.62. The van der Waals surface area contributed by atoms with E-state index in [9.17, 15) is 4.79 Å². The van der Waals surface area contributed by atoms with Gasteiger partial charge in [-0.25, -0.2) is 0 Å². The van der Waals surface area contributed by atoms with Crippen LogP contribution < -0.4 is 5.32 Å². The van der Waals surface area contributed by atoms with E-state index in [1.807, 2.05) is 12.1 Å². The minimum atomic E-state index is -0.0132. The molecular formula is C26H26N2O. The number of rotatable bonds is 8. The van der Waals surface area contributed by atoms with Gasteiger partial charge in [0.2, 0.25) is 5.91 Å². The number of carbonyl (C=O) groups is 1. The highest BCUT2D eigenvalue weighted by molar-refractivity contribution is 5.87. The molecule has 3 nitrogen and oxygen atoms in total. The first-order valence-electron chi connectivity index (χ1n) is 10.2. The van der Waals surface area contributed by atoms with Gasteiger partial charge in [0.05, 0.1) is 0 Å². The van der Waals surface area contributed by atoms with Gasteiger partial charge in [-0.15, -0.1) is 0 Å². The highest BCUT2D eigenvalue weighted by Crippen LogP contribution is 2.59. The molecule has 0 aliphatic heterocycles. The standard InChI is InChI=1S/C26H26N2O/c29-25(28-17-7-8-21-15-18-27-19-16-21)14-13-24-20-26(24,22-9-3-1-4-10-22)23-11-5-2-6-12-23/h1-6,9-16,18-19,24H,7-8,17,20H2,(H,28,29)/t24-/m1/s1. The molecule has 0 unspecified atom stereocenters. The number of nitrogens with one attached hydrogen (secondary N) is 1. The molecule has 1 N–H and O–H groups in total. The second-order valence-electron chi connectivity index (χ2n) is 7.62. The molecule has 1 fully saturated rings. The van der Waals surface area contributed by atoms with E-state index in [-0.39, 0.29) is 11.3 Å². The summed E-state index contributed by atoms with van der Waals surface area (Å²) in [7, 11) is 0. The van der Waals surface area contributed by atoms with Gasteiger partial charge in [0.25, 0.3) is 0 Å². The zero-order valence-corrected chi connectivity index (χ0v) is 16.5. The van der Waals surface area contributed by atoms with Crippen molar-refractivity contribution in [2.75, 3.05) is 6.54 Å². The predicted octanol–water partition coefficient (Wildman–Crippen LogP) is 4.69. The summed E-state index contributed by atoms with van der Waals surface area (Å²) in [5.41, 5.74) is 3.87. The van der Waals surface area contributed by atoms with Crippen LogP contribution in [0.3, 0.4) is 0 Å². The molecule has 1 atom stereocenters. The van der Waals surface area contributed by atoms with Crippen LogP contribution in [0.25, 0.3) is 0 Å². The molecule has 4 rings (SSSR count). The number of hydrogen-bond acceptors (Lipinski definition) is 2. The van der Waals surface area contributed by atoms with Crippen LogP contribution in [-0.2, 0) is 16.6 Å². The fourth-order valence-electron chi connectivity index (χ4n) is 4.14. The third-order valence-electron chi connectivity index (χ3n) is 5.76. The van der Waals surface area contributed by atoms with Crippen LogP contribution in [0.4, 0.5) is 0 Å². The number of nitrogens with zero attached hydrogens (tertiary/aromatic N) is 1. The summed E-state index contributed by atoms with van der Waals surface area (Å²) < 4.78 is 0. The Hall–Kier alpha value is -3.20. The number of carbonyl (C=O) groups excluding carboxylic acids is 1. The van der Waals surface area contributed by atoms with Crippen molar-refractivity contribution in [2.45, 2.75) is 24.7 Å². The third-order valence-corrected chi connectivity index (χ3v) is 5.76. The van der Waals surface area contributed by atoms with E-state index in [1.54, 1.807) is 18.5 Å². The Kier molecular flexibility index (Phi) is 5.85. The number of aryl methyl sites for hydroxylation is 1. The highest BCUT2D eigenvalue weighted by Gasteiger charge is 2.54. The third kappa shape index (κ3) is 4.45. The summed E-state index contributed by atoms with van der Waals surface area (Å²) in [6.07, 6.45) is 10.3. The number of allylic oxidation sites excluding steroid dienone is 1. The number of benzene rings is 2. The maximum Gasteiger partial charge on any atom is 0.243 e. The molecule has 29 heavy (non-hydrogen) atoms. The largest absolute Gasteiger partial charge is 0.353 e. The average molecular weight is 383 g/mol. The van der Waals surface area contributed by atoms with Crippen molar-refractivity contribution in [3.63, 3.8) is 0 Å². The van der Waals surface area contributed by atoms with Gasteiger partial charge in [0, 0.05) is 24.4 Å². The fourth-order valence-corrected chi connectivity index (χ4v) is 4.14. The molecule has 1 saturated carbocycles. The van der Waals surface area contributed by atoms with Crippen LogP contribution in [0.15, 0.2) is 97.3 Å². The molecule has 146 valence electrons. The predicted molar refractivity (Wildman–Crippen MR) is 116 cm³/mol. The number of hydrogen-bond donors (Lipinski definition) is 1. The fraction of sp³-hybridized carbons (Fsp3) is 0.231. The molecule has 0 radical (unpaired) electrons. The molecule has 1 aliphatic rings. The average Bonchev–Trinajstić information content (AvgIpc) is 3.53. The monoisotopic (exact) mass is 382 g/mol. The molecule has 1 aliphatic carbocycles. The number of aromatic nitrogens is 1. The second kappa shape index (κ2) is 8.87. The first-order chi connectivity index (χ1) is 14.3. The van der Waals surface area contributed by atoms with E-state index in [4.69, 9.17) is 0 Å². The van der Waals surface area contributed by atoms with E-state index in [1.165, 1.54) is 16.7 Å². The summed E-state index contributed by atoms with van der Waals surface area (Å²) >= 11 is 0. The van der Waals surface area contributed by atoms with Crippen LogP contribution >= 0.6 is 0 Å². The Bertz CT molecular complexity index is 912. The van der Waals surface area contributed by atoms with Crippen molar-refractivity contribution in [1.82, 2.24) is 10.3 Å². The minimum absolute atomic E-state index is 0.0124. The van der Waals surface area contributed by atoms with Crippen LogP contribution in [0.5, 0.6) is 0 Å². The first kappa shape index (κ1) is 19.1. The van der Waals surface area contributed by atoms with Gasteiger partial charge in [-0.05, 0) is 60.1 Å². The van der Waals surface area contributed by atoms with Crippen molar-refractivity contribution in [3.8, 4) is 0 Å². The van der Waals surface area contributed by atoms with Crippen LogP contribution in [-0.4, -0.2) is 17.4 Å². The molecule has 3 aromatic rings. The van der Waals surface area contributed by atoms with Gasteiger partial charge >= 0.3 is 0 Å². The smallest absolute Gasteiger partial charge is 0.243 e. The maximum atomic E-state index is 12.3. The minimum Gasteiger partial charge on any atom is -0.353 e. The Balaban J connectivity index is 1.35. The van der Waals surface area contributed by atoms with E-state index in [2.05, 4.69) is 77.0 Å². The topological polar surface area (TPSA) is 42.0 Å². The summed E-state index contributed by atoms with van der Waals surface area (Å²) in [5, 5.41) is 3.00. The normalized spacial score (nSPS) is 17.2. The van der Waals surface area contributed by atoms with Crippen LogP contribution in [0.2, 0.25) is 0 Å². The lowest BCUT2D eigenvalue weighted by Crippen LogP contribution is -2.22. The lowest BCUT2D eigenvalue weighted by atomic mass is 9.85. The maximum absolute atomic E-state index is 12.3. The highest BCUT2D eigenvalue weighted by atomic mass is 16.1. The van der Waals surface area contributed by atoms with E-state index >= 15 is 0 Å². The molecular weight excluding hydrogens is 356 g/mol. The molecule has 1 aromatic heterocycles. The number of pyridine rings is 1. The van der Waals surface area contributed by atoms with Gasteiger partial charge in [0.15, 0.2) is 0 Å². The van der Waals surface area contributed by atoms with Crippen molar-refractivity contribution < 1.29 is 4.79 Å². The van der Waals surface area contributed by atoms with E-state index in [0.717, 1.165) is 19.3 Å². The first-order valence-corrected chi connectivity index (χ1v) is 10.2. The van der Waals surface area contributed by atoms with Crippen molar-refractivity contribution >= 4 is 5.91 Å². The summed E-state index contributed by atoms with van der Waals surface area (Å²) in [4.78, 5) is 16.3. The summed E-state index contributed by atoms with van der Waals surface area (Å²) in [5.74, 6) is 0.330. The SMILES string of the molecule is O=C(C=C[C@@H]1CC1(c1ccccc1)c1ccccc1)NCCCc1ccncc1. The van der Waals surface area contributed by atoms with Gasteiger partial charge in [-0.1, -0.05) is 66.7 Å². The zero-order chi connectivity index (χ0) is 19.9. The summed E-state index contributed by atoms with van der Waals surface area (Å²) in [6.45, 7) is 0.679. The molecule has 0 saturated heterocycles. The van der Waals surface area contributed by atoms with Crippen LogP contribution in [0.1, 0.15) is 29.5 Å². The van der Waals surface area contributed by atoms with Crippen molar-refractivity contribution in [3.05, 3.63) is 114 Å². The zero-order valence-electron chi connectivity index (χ0n) is 16.5. The molecule has 0 bridgehead atoms. The molecule has 0 spiro atoms. The van der Waals surface area contributed by atoms with Gasteiger partial charge < -0.3 is 5.32 Å². The lowest BCUT2D eigenvalue weighted by molar-refractivity contribution is -0.116. The Morgan fingerprint density at radius 2 is 1.59 bits per heavy atom. The lowest BCUT2D eigenvalue weighted by Gasteiger charge is -2.18. The molecule has 1 amide bonds. The Labute approximate surface area is 172 Å². The Morgan fingerprint density at radius 3 is 2.21 bits per heavy atom. The quantitative estimate of drug-likeness (QED) is 0.453. The number of amides is 1. The van der Waals surface area contributed by atoms with Gasteiger partial charge in [-0.3, -0.25) is 9.78 Å². The van der Waals surface area contributed by atoms with E-state index < -0.39 is 0 Å². The Morgan fingerprint density at radius 1 is 0.966 bits per heavy atom. The molecule has 3 heteroatoms. The van der Waals surface area contributed by atoms with E-state index in [0.29, 0.717) is 12.5 Å². The van der Waals surface area contributed by atoms with Crippen molar-refractivity contribution in [1.29, 1.82) is 0 Å². The summed E-state index contributed by atoms with van der Waals surface area (Å²) in [6, 6.07) is 25.3. The van der Waals surface area contributed by atoms with Gasteiger partial charge in [0.1, 0.15) is 0 Å².